The molecule has 1 aromatic rings. The minimum absolute atomic E-state index is 0.279. The van der Waals surface area contributed by atoms with Crippen molar-refractivity contribution in [3.05, 3.63) is 24.0 Å². The van der Waals surface area contributed by atoms with Gasteiger partial charge in [0.1, 0.15) is 0 Å². The highest BCUT2D eigenvalue weighted by molar-refractivity contribution is 5.51. The van der Waals surface area contributed by atoms with E-state index in [4.69, 9.17) is 4.74 Å². The second-order valence-electron chi connectivity index (χ2n) is 6.63. The maximum Gasteiger partial charge on any atom is 0.167 e. The van der Waals surface area contributed by atoms with E-state index < -0.39 is 0 Å². The minimum atomic E-state index is -0.279. The molecule has 2 unspecified atom stereocenters. The summed E-state index contributed by atoms with van der Waals surface area (Å²) in [7, 11) is 1.50. The number of methoxy groups -OCH3 is 1. The summed E-state index contributed by atoms with van der Waals surface area (Å²) in [6, 6.07) is 6.28. The molecule has 0 radical (unpaired) electrons. The average molecular weight is 292 g/mol. The summed E-state index contributed by atoms with van der Waals surface area (Å²) < 4.78 is 19.1. The predicted molar refractivity (Wildman–Crippen MR) is 83.4 cm³/mol. The van der Waals surface area contributed by atoms with E-state index in [1.165, 1.54) is 20.0 Å². The van der Waals surface area contributed by atoms with Crippen LogP contribution < -0.4 is 15.0 Å². The first-order valence-corrected chi connectivity index (χ1v) is 7.93. The third-order valence-corrected chi connectivity index (χ3v) is 4.81. The number of rotatable bonds is 4. The van der Waals surface area contributed by atoms with Crippen LogP contribution in [0.2, 0.25) is 0 Å². The fourth-order valence-electron chi connectivity index (χ4n) is 3.33. The maximum absolute atomic E-state index is 14.0. The molecule has 1 aliphatic heterocycles. The summed E-state index contributed by atoms with van der Waals surface area (Å²) in [6.07, 6.45) is 2.66. The quantitative estimate of drug-likeness (QED) is 0.923. The van der Waals surface area contributed by atoms with Crippen molar-refractivity contribution in [2.24, 2.45) is 11.8 Å². The van der Waals surface area contributed by atoms with Gasteiger partial charge in [0.2, 0.25) is 0 Å². The van der Waals surface area contributed by atoms with E-state index in [0.29, 0.717) is 23.8 Å². The Morgan fingerprint density at radius 2 is 2.10 bits per heavy atom. The highest BCUT2D eigenvalue weighted by atomic mass is 19.1. The first-order chi connectivity index (χ1) is 10.1. The monoisotopic (exact) mass is 292 g/mol. The Morgan fingerprint density at radius 1 is 1.33 bits per heavy atom. The molecule has 1 saturated carbocycles. The number of piperazine rings is 1. The minimum Gasteiger partial charge on any atom is -0.494 e. The van der Waals surface area contributed by atoms with Gasteiger partial charge in [-0.05, 0) is 36.8 Å². The van der Waals surface area contributed by atoms with Crippen LogP contribution in [0.4, 0.5) is 10.1 Å². The molecule has 2 aliphatic rings. The van der Waals surface area contributed by atoms with Gasteiger partial charge in [0, 0.05) is 36.9 Å². The van der Waals surface area contributed by atoms with E-state index in [9.17, 15) is 4.39 Å². The van der Waals surface area contributed by atoms with Crippen molar-refractivity contribution in [3.63, 3.8) is 0 Å². The van der Waals surface area contributed by atoms with Gasteiger partial charge in [-0.1, -0.05) is 13.8 Å². The molecule has 4 heteroatoms. The van der Waals surface area contributed by atoms with Crippen LogP contribution in [-0.2, 0) is 0 Å². The van der Waals surface area contributed by atoms with Crippen LogP contribution in [0.25, 0.3) is 0 Å². The van der Waals surface area contributed by atoms with E-state index in [2.05, 4.69) is 24.1 Å². The number of halogens is 1. The molecule has 21 heavy (non-hydrogen) atoms. The molecular weight excluding hydrogens is 267 g/mol. The topological polar surface area (TPSA) is 24.5 Å². The van der Waals surface area contributed by atoms with Crippen molar-refractivity contribution in [2.75, 3.05) is 25.1 Å². The first-order valence-electron chi connectivity index (χ1n) is 7.93. The standard InChI is InChI=1S/C17H25FN2O/c1-11(2)16-9-19-15(12-4-5-12)10-20(16)13-6-7-17(21-3)14(18)8-13/h6-8,11-12,15-16,19H,4-5,9-10H2,1-3H3. The van der Waals surface area contributed by atoms with Gasteiger partial charge in [-0.2, -0.15) is 0 Å². The third kappa shape index (κ3) is 3.00. The molecule has 1 N–H and O–H groups in total. The van der Waals surface area contributed by atoms with Crippen molar-refractivity contribution in [2.45, 2.75) is 38.8 Å². The van der Waals surface area contributed by atoms with Gasteiger partial charge < -0.3 is 15.0 Å². The highest BCUT2D eigenvalue weighted by Crippen LogP contribution is 2.36. The van der Waals surface area contributed by atoms with E-state index in [0.717, 1.165) is 24.7 Å². The molecular formula is C17H25FN2O. The van der Waals surface area contributed by atoms with Gasteiger partial charge in [-0.3, -0.25) is 0 Å². The zero-order chi connectivity index (χ0) is 15.0. The van der Waals surface area contributed by atoms with Gasteiger partial charge >= 0.3 is 0 Å². The molecule has 0 bridgehead atoms. The summed E-state index contributed by atoms with van der Waals surface area (Å²) in [5.41, 5.74) is 0.971. The molecule has 3 rings (SSSR count). The summed E-state index contributed by atoms with van der Waals surface area (Å²) >= 11 is 0. The Morgan fingerprint density at radius 3 is 2.67 bits per heavy atom. The van der Waals surface area contributed by atoms with E-state index >= 15 is 0 Å². The Labute approximate surface area is 126 Å². The highest BCUT2D eigenvalue weighted by Gasteiger charge is 2.38. The van der Waals surface area contributed by atoms with Crippen LogP contribution in [0, 0.1) is 17.7 Å². The number of hydrogen-bond donors (Lipinski definition) is 1. The Kier molecular flexibility index (Phi) is 4.07. The molecule has 0 amide bonds. The Balaban J connectivity index is 1.85. The van der Waals surface area contributed by atoms with Gasteiger partial charge in [-0.15, -0.1) is 0 Å². The van der Waals surface area contributed by atoms with Crippen molar-refractivity contribution >= 4 is 5.69 Å². The Hall–Kier alpha value is -1.29. The summed E-state index contributed by atoms with van der Waals surface area (Å²) in [5.74, 6) is 1.37. The van der Waals surface area contributed by atoms with Crippen molar-refractivity contribution in [1.82, 2.24) is 5.32 Å². The lowest BCUT2D eigenvalue weighted by Gasteiger charge is -2.44. The molecule has 1 aromatic carbocycles. The normalized spacial score (nSPS) is 26.2. The molecule has 1 aliphatic carbocycles. The number of nitrogens with one attached hydrogen (secondary N) is 1. The maximum atomic E-state index is 14.0. The number of hydrogen-bond acceptors (Lipinski definition) is 3. The molecule has 2 fully saturated rings. The fourth-order valence-corrected chi connectivity index (χ4v) is 3.33. The average Bonchev–Trinajstić information content (AvgIpc) is 3.31. The molecule has 116 valence electrons. The van der Waals surface area contributed by atoms with Crippen molar-refractivity contribution in [1.29, 1.82) is 0 Å². The van der Waals surface area contributed by atoms with Crippen molar-refractivity contribution < 1.29 is 9.13 Å². The smallest absolute Gasteiger partial charge is 0.167 e. The summed E-state index contributed by atoms with van der Waals surface area (Å²) in [5, 5.41) is 3.69. The first kappa shape index (κ1) is 14.6. The number of ether oxygens (including phenoxy) is 1. The second kappa shape index (κ2) is 5.84. The lowest BCUT2D eigenvalue weighted by atomic mass is 9.96. The SMILES string of the molecule is COc1ccc(N2CC(C3CC3)NCC2C(C)C)cc1F. The van der Waals surface area contributed by atoms with Gasteiger partial charge in [0.25, 0.3) is 0 Å². The summed E-state index contributed by atoms with van der Waals surface area (Å²) in [4.78, 5) is 2.38. The number of anilines is 1. The van der Waals surface area contributed by atoms with E-state index in [1.807, 2.05) is 6.07 Å². The third-order valence-electron chi connectivity index (χ3n) is 4.81. The van der Waals surface area contributed by atoms with E-state index in [1.54, 1.807) is 12.1 Å². The fraction of sp³-hybridized carbons (Fsp3) is 0.647. The zero-order valence-electron chi connectivity index (χ0n) is 13.1. The Bertz CT molecular complexity index is 502. The molecule has 1 heterocycles. The molecule has 0 spiro atoms. The number of nitrogens with zero attached hydrogens (tertiary/aromatic N) is 1. The summed E-state index contributed by atoms with van der Waals surface area (Å²) in [6.45, 7) is 6.42. The van der Waals surface area contributed by atoms with Gasteiger partial charge in [0.05, 0.1) is 7.11 Å². The lowest BCUT2D eigenvalue weighted by molar-refractivity contribution is 0.319. The second-order valence-corrected chi connectivity index (χ2v) is 6.63. The lowest BCUT2D eigenvalue weighted by Crippen LogP contribution is -2.59. The molecule has 3 nitrogen and oxygen atoms in total. The predicted octanol–water partition coefficient (Wildman–Crippen LogP) is 3.05. The van der Waals surface area contributed by atoms with Crippen molar-refractivity contribution in [3.8, 4) is 5.75 Å². The molecule has 0 aromatic heterocycles. The molecule has 1 saturated heterocycles. The van der Waals surface area contributed by atoms with Gasteiger partial charge in [0.15, 0.2) is 11.6 Å². The van der Waals surface area contributed by atoms with Gasteiger partial charge in [-0.25, -0.2) is 4.39 Å². The van der Waals surface area contributed by atoms with Crippen LogP contribution in [0.3, 0.4) is 0 Å². The van der Waals surface area contributed by atoms with Crippen LogP contribution in [0.15, 0.2) is 18.2 Å². The van der Waals surface area contributed by atoms with E-state index in [-0.39, 0.29) is 5.82 Å². The largest absolute Gasteiger partial charge is 0.494 e. The van der Waals surface area contributed by atoms with Crippen LogP contribution >= 0.6 is 0 Å². The van der Waals surface area contributed by atoms with Crippen LogP contribution in [-0.4, -0.2) is 32.3 Å². The van der Waals surface area contributed by atoms with Crippen LogP contribution in [0.5, 0.6) is 5.75 Å². The zero-order valence-corrected chi connectivity index (χ0v) is 13.1. The number of benzene rings is 1. The van der Waals surface area contributed by atoms with Crippen LogP contribution in [0.1, 0.15) is 26.7 Å². The molecule has 2 atom stereocenters.